The van der Waals surface area contributed by atoms with Crippen LogP contribution in [0.15, 0.2) is 30.3 Å². The lowest BCUT2D eigenvalue weighted by Gasteiger charge is -2.31. The molecule has 1 aliphatic rings. The first-order chi connectivity index (χ1) is 12.5. The average molecular weight is 396 g/mol. The van der Waals surface area contributed by atoms with E-state index >= 15 is 0 Å². The summed E-state index contributed by atoms with van der Waals surface area (Å²) < 4.78 is 11.8. The van der Waals surface area contributed by atoms with Gasteiger partial charge in [-0.25, -0.2) is 0 Å². The number of carboxylic acids is 1. The normalized spacial score (nSPS) is 18.7. The Balaban J connectivity index is 2.05. The van der Waals surface area contributed by atoms with Crippen molar-refractivity contribution in [2.45, 2.75) is 31.8 Å². The van der Waals surface area contributed by atoms with E-state index in [1.54, 1.807) is 7.11 Å². The molecule has 5 nitrogen and oxygen atoms in total. The Morgan fingerprint density at radius 1 is 1.38 bits per heavy atom. The molecule has 2 unspecified atom stereocenters. The van der Waals surface area contributed by atoms with Crippen LogP contribution >= 0.6 is 22.9 Å². The zero-order valence-electron chi connectivity index (χ0n) is 14.8. The summed E-state index contributed by atoms with van der Waals surface area (Å²) in [6, 6.07) is 8.93. The second kappa shape index (κ2) is 8.29. The van der Waals surface area contributed by atoms with Crippen molar-refractivity contribution in [3.63, 3.8) is 0 Å². The number of methoxy groups -OCH3 is 1. The van der Waals surface area contributed by atoms with Gasteiger partial charge >= 0.3 is 5.97 Å². The van der Waals surface area contributed by atoms with Crippen LogP contribution in [0.2, 0.25) is 4.34 Å². The van der Waals surface area contributed by atoms with Crippen molar-refractivity contribution in [3.05, 3.63) is 45.1 Å². The van der Waals surface area contributed by atoms with Gasteiger partial charge in [-0.1, -0.05) is 17.7 Å². The molecule has 0 saturated carbocycles. The summed E-state index contributed by atoms with van der Waals surface area (Å²) >= 11 is 7.64. The van der Waals surface area contributed by atoms with E-state index in [1.807, 2.05) is 42.2 Å². The quantitative estimate of drug-likeness (QED) is 0.750. The van der Waals surface area contributed by atoms with Gasteiger partial charge < -0.3 is 14.6 Å². The number of aliphatic carboxylic acids is 1. The van der Waals surface area contributed by atoms with Crippen molar-refractivity contribution in [3.8, 4) is 11.5 Å². The minimum Gasteiger partial charge on any atom is -0.493 e. The molecule has 2 heterocycles. The smallest absolute Gasteiger partial charge is 0.320 e. The highest BCUT2D eigenvalue weighted by Gasteiger charge is 2.37. The van der Waals surface area contributed by atoms with E-state index in [9.17, 15) is 9.90 Å². The third-order valence-corrected chi connectivity index (χ3v) is 5.86. The van der Waals surface area contributed by atoms with Crippen LogP contribution in [0, 0.1) is 0 Å². The number of hydrogen-bond acceptors (Lipinski definition) is 5. The van der Waals surface area contributed by atoms with Crippen LogP contribution in [-0.4, -0.2) is 42.3 Å². The Bertz CT molecular complexity index is 779. The van der Waals surface area contributed by atoms with Crippen molar-refractivity contribution in [2.75, 3.05) is 20.3 Å². The van der Waals surface area contributed by atoms with Gasteiger partial charge in [-0.05, 0) is 49.6 Å². The Morgan fingerprint density at radius 3 is 2.81 bits per heavy atom. The number of thiophene rings is 1. The zero-order valence-corrected chi connectivity index (χ0v) is 16.3. The van der Waals surface area contributed by atoms with Crippen molar-refractivity contribution < 1.29 is 19.4 Å². The van der Waals surface area contributed by atoms with Crippen LogP contribution in [0.4, 0.5) is 0 Å². The minimum atomic E-state index is -0.784. The molecule has 140 valence electrons. The Morgan fingerprint density at radius 2 is 2.19 bits per heavy atom. The number of halogens is 1. The van der Waals surface area contributed by atoms with Gasteiger partial charge in [-0.2, -0.15) is 0 Å². The number of ether oxygens (including phenoxy) is 2. The summed E-state index contributed by atoms with van der Waals surface area (Å²) in [5, 5.41) is 9.64. The molecular formula is C19H22ClNO4S. The molecule has 1 saturated heterocycles. The molecule has 1 aliphatic heterocycles. The summed E-state index contributed by atoms with van der Waals surface area (Å²) in [4.78, 5) is 14.8. The van der Waals surface area contributed by atoms with Gasteiger partial charge in [0, 0.05) is 11.4 Å². The molecule has 0 bridgehead atoms. The molecule has 2 aromatic rings. The van der Waals surface area contributed by atoms with Crippen LogP contribution in [0.1, 0.15) is 36.2 Å². The lowest BCUT2D eigenvalue weighted by atomic mass is 10.0. The number of carboxylic acid groups (broad SMARTS) is 1. The molecule has 26 heavy (non-hydrogen) atoms. The molecule has 1 fully saturated rings. The lowest BCUT2D eigenvalue weighted by Crippen LogP contribution is -2.39. The van der Waals surface area contributed by atoms with Gasteiger partial charge in [0.2, 0.25) is 0 Å². The maximum Gasteiger partial charge on any atom is 0.320 e. The number of benzene rings is 1. The van der Waals surface area contributed by atoms with Gasteiger partial charge in [0.1, 0.15) is 6.04 Å². The van der Waals surface area contributed by atoms with Crippen molar-refractivity contribution in [1.29, 1.82) is 0 Å². The molecule has 7 heteroatoms. The maximum absolute atomic E-state index is 11.7. The number of likely N-dealkylation sites (tertiary alicyclic amines) is 1. The summed E-state index contributed by atoms with van der Waals surface area (Å²) in [5.41, 5.74) is 0.969. The van der Waals surface area contributed by atoms with Gasteiger partial charge in [0.25, 0.3) is 0 Å². The van der Waals surface area contributed by atoms with E-state index in [0.717, 1.165) is 23.4 Å². The molecule has 2 atom stereocenters. The zero-order chi connectivity index (χ0) is 18.7. The molecule has 1 aromatic heterocycles. The minimum absolute atomic E-state index is 0.180. The van der Waals surface area contributed by atoms with E-state index in [4.69, 9.17) is 21.1 Å². The molecule has 1 aromatic carbocycles. The van der Waals surface area contributed by atoms with Crippen LogP contribution in [0.3, 0.4) is 0 Å². The Labute approximate surface area is 162 Å². The van der Waals surface area contributed by atoms with E-state index in [0.29, 0.717) is 28.9 Å². The van der Waals surface area contributed by atoms with Crippen LogP contribution in [0.5, 0.6) is 11.5 Å². The van der Waals surface area contributed by atoms with E-state index in [-0.39, 0.29) is 6.04 Å². The van der Waals surface area contributed by atoms with Crippen LogP contribution < -0.4 is 9.47 Å². The third-order valence-electron chi connectivity index (χ3n) is 4.58. The number of carbonyl (C=O) groups is 1. The standard InChI is InChI=1S/C19H22ClNO4S/c1-3-25-14-7-6-12(11-15(14)24-2)18(16-8-9-17(20)26-16)21-10-4-5-13(21)19(22)23/h6-9,11,13,18H,3-5,10H2,1-2H3,(H,22,23). The van der Waals surface area contributed by atoms with Gasteiger partial charge in [0.05, 0.1) is 24.1 Å². The highest BCUT2D eigenvalue weighted by atomic mass is 35.5. The summed E-state index contributed by atoms with van der Waals surface area (Å²) in [5.74, 6) is 0.536. The van der Waals surface area contributed by atoms with Gasteiger partial charge in [0.15, 0.2) is 11.5 Å². The molecule has 1 N–H and O–H groups in total. The fraction of sp³-hybridized carbons (Fsp3) is 0.421. The van der Waals surface area contributed by atoms with E-state index in [2.05, 4.69) is 0 Å². The maximum atomic E-state index is 11.7. The Kier molecular flexibility index (Phi) is 6.06. The largest absolute Gasteiger partial charge is 0.493 e. The summed E-state index contributed by atoms with van der Waals surface area (Å²) in [6.07, 6.45) is 1.51. The van der Waals surface area contributed by atoms with Crippen molar-refractivity contribution in [1.82, 2.24) is 4.90 Å². The predicted octanol–water partition coefficient (Wildman–Crippen LogP) is 4.45. The monoisotopic (exact) mass is 395 g/mol. The lowest BCUT2D eigenvalue weighted by molar-refractivity contribution is -0.142. The second-order valence-corrected chi connectivity index (χ2v) is 7.87. The molecular weight excluding hydrogens is 374 g/mol. The Hall–Kier alpha value is -1.76. The molecule has 0 amide bonds. The fourth-order valence-electron chi connectivity index (χ4n) is 3.49. The average Bonchev–Trinajstić information content (AvgIpc) is 3.26. The first-order valence-electron chi connectivity index (χ1n) is 8.59. The van der Waals surface area contributed by atoms with Crippen LogP contribution in [-0.2, 0) is 4.79 Å². The first kappa shape index (κ1) is 19.0. The van der Waals surface area contributed by atoms with E-state index in [1.165, 1.54) is 11.3 Å². The summed E-state index contributed by atoms with van der Waals surface area (Å²) in [7, 11) is 1.61. The summed E-state index contributed by atoms with van der Waals surface area (Å²) in [6.45, 7) is 3.20. The molecule has 0 spiro atoms. The van der Waals surface area contributed by atoms with Gasteiger partial charge in [-0.15, -0.1) is 11.3 Å². The fourth-order valence-corrected chi connectivity index (χ4v) is 4.70. The van der Waals surface area contributed by atoms with Gasteiger partial charge in [-0.3, -0.25) is 9.69 Å². The third kappa shape index (κ3) is 3.82. The highest BCUT2D eigenvalue weighted by molar-refractivity contribution is 7.16. The van der Waals surface area contributed by atoms with E-state index < -0.39 is 12.0 Å². The topological polar surface area (TPSA) is 59.0 Å². The van der Waals surface area contributed by atoms with Crippen LogP contribution in [0.25, 0.3) is 0 Å². The van der Waals surface area contributed by atoms with Crippen molar-refractivity contribution in [2.24, 2.45) is 0 Å². The first-order valence-corrected chi connectivity index (χ1v) is 9.79. The predicted molar refractivity (Wildman–Crippen MR) is 103 cm³/mol. The number of nitrogens with zero attached hydrogens (tertiary/aromatic N) is 1. The molecule has 0 radical (unpaired) electrons. The second-order valence-electron chi connectivity index (χ2n) is 6.12. The number of hydrogen-bond donors (Lipinski definition) is 1. The van der Waals surface area contributed by atoms with Crippen molar-refractivity contribution >= 4 is 28.9 Å². The SMILES string of the molecule is CCOc1ccc(C(c2ccc(Cl)s2)N2CCCC2C(=O)O)cc1OC. The highest BCUT2D eigenvalue weighted by Crippen LogP contribution is 2.41. The molecule has 3 rings (SSSR count). The number of rotatable bonds is 7. The molecule has 0 aliphatic carbocycles.